The Morgan fingerprint density at radius 2 is 1.93 bits per heavy atom. The zero-order valence-corrected chi connectivity index (χ0v) is 15.1. The predicted octanol–water partition coefficient (Wildman–Crippen LogP) is 3.49. The third kappa shape index (κ3) is 3.66. The number of ketones is 1. The highest BCUT2D eigenvalue weighted by atomic mass is 19.1. The number of primary amides is 1. The van der Waals surface area contributed by atoms with Crippen LogP contribution in [0.25, 0.3) is 28.2 Å². The first-order chi connectivity index (χ1) is 14.0. The molecule has 4 aromatic rings. The van der Waals surface area contributed by atoms with E-state index in [0.29, 0.717) is 16.8 Å². The minimum atomic E-state index is -0.638. The number of aromatic nitrogens is 3. The summed E-state index contributed by atoms with van der Waals surface area (Å²) in [5.41, 5.74) is 7.87. The number of hydrogen-bond acceptors (Lipinski definition) is 4. The van der Waals surface area contributed by atoms with Crippen molar-refractivity contribution in [1.29, 1.82) is 0 Å². The standard InChI is InChI=1S/C22H15FN4O2/c23-18-10-13(4-6-16(18)21(29)19-3-1-2-8-25-19)15-9-17-14(5-7-20(24)28)11-26-22(17)27-12-15/h1-12H,(H2,24,28)(H,26,27)/b7-5+. The van der Waals surface area contributed by atoms with Crippen molar-refractivity contribution in [2.75, 3.05) is 0 Å². The van der Waals surface area contributed by atoms with Crippen LogP contribution < -0.4 is 5.73 Å². The largest absolute Gasteiger partial charge is 0.366 e. The number of amides is 1. The first kappa shape index (κ1) is 18.2. The summed E-state index contributed by atoms with van der Waals surface area (Å²) < 4.78 is 14.7. The Labute approximate surface area is 164 Å². The fourth-order valence-electron chi connectivity index (χ4n) is 3.01. The molecule has 4 rings (SSSR count). The number of nitrogens with two attached hydrogens (primary N) is 1. The van der Waals surface area contributed by atoms with E-state index in [1.54, 1.807) is 42.7 Å². The second-order valence-corrected chi connectivity index (χ2v) is 6.34. The molecule has 7 heteroatoms. The number of rotatable bonds is 5. The van der Waals surface area contributed by atoms with Crippen molar-refractivity contribution in [1.82, 2.24) is 15.0 Å². The minimum absolute atomic E-state index is 0.0480. The van der Waals surface area contributed by atoms with Crippen LogP contribution in [0.4, 0.5) is 4.39 Å². The van der Waals surface area contributed by atoms with Crippen LogP contribution in [0, 0.1) is 5.82 Å². The van der Waals surface area contributed by atoms with E-state index in [-0.39, 0.29) is 11.3 Å². The number of nitrogens with zero attached hydrogens (tertiary/aromatic N) is 2. The summed E-state index contributed by atoms with van der Waals surface area (Å²) in [7, 11) is 0. The van der Waals surface area contributed by atoms with Gasteiger partial charge in [0.2, 0.25) is 11.7 Å². The Morgan fingerprint density at radius 1 is 1.07 bits per heavy atom. The van der Waals surface area contributed by atoms with Gasteiger partial charge in [-0.2, -0.15) is 0 Å². The zero-order valence-electron chi connectivity index (χ0n) is 15.1. The average molecular weight is 386 g/mol. The lowest BCUT2D eigenvalue weighted by Gasteiger charge is -2.06. The number of pyridine rings is 2. The lowest BCUT2D eigenvalue weighted by atomic mass is 10.0. The maximum atomic E-state index is 14.7. The minimum Gasteiger partial charge on any atom is -0.366 e. The van der Waals surface area contributed by atoms with Gasteiger partial charge in [-0.15, -0.1) is 0 Å². The van der Waals surface area contributed by atoms with Crippen molar-refractivity contribution >= 4 is 28.8 Å². The number of nitrogens with one attached hydrogen (secondary N) is 1. The van der Waals surface area contributed by atoms with E-state index in [1.165, 1.54) is 24.4 Å². The SMILES string of the molecule is NC(=O)/C=C/c1c[nH]c2ncc(-c3ccc(C(=O)c4ccccn4)c(F)c3)cc12. The molecule has 6 nitrogen and oxygen atoms in total. The molecular weight excluding hydrogens is 371 g/mol. The summed E-state index contributed by atoms with van der Waals surface area (Å²) in [5.74, 6) is -1.67. The predicted molar refractivity (Wildman–Crippen MR) is 107 cm³/mol. The van der Waals surface area contributed by atoms with E-state index in [9.17, 15) is 14.0 Å². The fourth-order valence-corrected chi connectivity index (χ4v) is 3.01. The van der Waals surface area contributed by atoms with Crippen molar-refractivity contribution in [3.63, 3.8) is 0 Å². The van der Waals surface area contributed by atoms with Gasteiger partial charge in [-0.1, -0.05) is 12.1 Å². The Morgan fingerprint density at radius 3 is 2.66 bits per heavy atom. The summed E-state index contributed by atoms with van der Waals surface area (Å²) in [6.07, 6.45) is 7.64. The Balaban J connectivity index is 1.71. The van der Waals surface area contributed by atoms with Crippen molar-refractivity contribution in [3.8, 4) is 11.1 Å². The van der Waals surface area contributed by atoms with E-state index < -0.39 is 17.5 Å². The van der Waals surface area contributed by atoms with Gasteiger partial charge in [0.05, 0.1) is 5.56 Å². The number of carbonyl (C=O) groups excluding carboxylic acids is 2. The monoisotopic (exact) mass is 386 g/mol. The van der Waals surface area contributed by atoms with E-state index in [2.05, 4.69) is 15.0 Å². The number of carbonyl (C=O) groups is 2. The molecule has 3 aromatic heterocycles. The normalized spacial score (nSPS) is 11.2. The van der Waals surface area contributed by atoms with Gasteiger partial charge in [0, 0.05) is 41.2 Å². The molecule has 0 saturated carbocycles. The molecule has 0 spiro atoms. The van der Waals surface area contributed by atoms with Crippen molar-refractivity contribution < 1.29 is 14.0 Å². The molecule has 0 aliphatic heterocycles. The lowest BCUT2D eigenvalue weighted by Crippen LogP contribution is -2.06. The van der Waals surface area contributed by atoms with Gasteiger partial charge in [-0.05, 0) is 42.0 Å². The fraction of sp³-hybridized carbons (Fsp3) is 0. The van der Waals surface area contributed by atoms with Crippen molar-refractivity contribution in [2.45, 2.75) is 0 Å². The smallest absolute Gasteiger partial charge is 0.241 e. The number of hydrogen-bond donors (Lipinski definition) is 2. The molecule has 0 atom stereocenters. The molecule has 142 valence electrons. The van der Waals surface area contributed by atoms with Crippen molar-refractivity contribution in [2.24, 2.45) is 5.73 Å². The quantitative estimate of drug-likeness (QED) is 0.405. The second-order valence-electron chi connectivity index (χ2n) is 6.34. The van der Waals surface area contributed by atoms with Gasteiger partial charge in [0.15, 0.2) is 0 Å². The number of halogens is 1. The highest BCUT2D eigenvalue weighted by Gasteiger charge is 2.16. The van der Waals surface area contributed by atoms with Gasteiger partial charge in [0.25, 0.3) is 0 Å². The summed E-state index contributed by atoms with van der Waals surface area (Å²) in [5, 5.41) is 0.758. The molecule has 0 bridgehead atoms. The summed E-state index contributed by atoms with van der Waals surface area (Å²) in [6, 6.07) is 11.1. The molecule has 3 heterocycles. The molecule has 1 amide bonds. The highest BCUT2D eigenvalue weighted by molar-refractivity contribution is 6.08. The summed E-state index contributed by atoms with van der Waals surface area (Å²) in [6.45, 7) is 0. The number of benzene rings is 1. The molecule has 29 heavy (non-hydrogen) atoms. The third-order valence-electron chi connectivity index (χ3n) is 4.43. The topological polar surface area (TPSA) is 102 Å². The van der Waals surface area contributed by atoms with Crippen LogP contribution in [-0.2, 0) is 4.79 Å². The molecule has 0 aliphatic rings. The van der Waals surface area contributed by atoms with Crippen LogP contribution in [0.1, 0.15) is 21.6 Å². The molecular formula is C22H15FN4O2. The molecule has 0 fully saturated rings. The van der Waals surface area contributed by atoms with Crippen LogP contribution in [0.3, 0.4) is 0 Å². The van der Waals surface area contributed by atoms with Gasteiger partial charge >= 0.3 is 0 Å². The maximum Gasteiger partial charge on any atom is 0.241 e. The van der Waals surface area contributed by atoms with Gasteiger partial charge < -0.3 is 10.7 Å². The number of fused-ring (bicyclic) bond motifs is 1. The molecule has 1 aromatic carbocycles. The van der Waals surface area contributed by atoms with E-state index in [1.807, 2.05) is 6.07 Å². The van der Waals surface area contributed by atoms with Gasteiger partial charge in [-0.25, -0.2) is 9.37 Å². The lowest BCUT2D eigenvalue weighted by molar-refractivity contribution is -0.113. The van der Waals surface area contributed by atoms with Gasteiger partial charge in [-0.3, -0.25) is 14.6 Å². The molecule has 0 saturated heterocycles. The van der Waals surface area contributed by atoms with Gasteiger partial charge in [0.1, 0.15) is 17.2 Å². The van der Waals surface area contributed by atoms with Crippen LogP contribution in [0.15, 0.2) is 67.1 Å². The molecule has 3 N–H and O–H groups in total. The summed E-state index contributed by atoms with van der Waals surface area (Å²) >= 11 is 0. The van der Waals surface area contributed by atoms with E-state index in [4.69, 9.17) is 5.73 Å². The molecule has 0 aliphatic carbocycles. The van der Waals surface area contributed by atoms with Crippen LogP contribution in [0.2, 0.25) is 0 Å². The number of H-pyrrole nitrogens is 1. The Kier molecular flexibility index (Phi) is 4.70. The first-order valence-electron chi connectivity index (χ1n) is 8.73. The maximum absolute atomic E-state index is 14.7. The Hall–Kier alpha value is -4.13. The molecule has 0 unspecified atom stereocenters. The first-order valence-corrected chi connectivity index (χ1v) is 8.73. The van der Waals surface area contributed by atoms with Crippen molar-refractivity contribution in [3.05, 3.63) is 89.8 Å². The number of aromatic amines is 1. The summed E-state index contributed by atoms with van der Waals surface area (Å²) in [4.78, 5) is 34.8. The van der Waals surface area contributed by atoms with E-state index >= 15 is 0 Å². The Bertz CT molecular complexity index is 1260. The van der Waals surface area contributed by atoms with Crippen LogP contribution in [-0.4, -0.2) is 26.6 Å². The van der Waals surface area contributed by atoms with Crippen LogP contribution in [0.5, 0.6) is 0 Å². The highest BCUT2D eigenvalue weighted by Crippen LogP contribution is 2.27. The average Bonchev–Trinajstić information content (AvgIpc) is 3.14. The van der Waals surface area contributed by atoms with E-state index in [0.717, 1.165) is 10.9 Å². The molecule has 0 radical (unpaired) electrons. The zero-order chi connectivity index (χ0) is 20.4. The van der Waals surface area contributed by atoms with Crippen LogP contribution >= 0.6 is 0 Å². The third-order valence-corrected chi connectivity index (χ3v) is 4.43. The second kappa shape index (κ2) is 7.47.